The highest BCUT2D eigenvalue weighted by Gasteiger charge is 2.08. The Bertz CT molecular complexity index is 1010. The first-order chi connectivity index (χ1) is 14.5. The third-order valence-electron chi connectivity index (χ3n) is 5.03. The summed E-state index contributed by atoms with van der Waals surface area (Å²) in [6.45, 7) is 9.11. The first-order valence-corrected chi connectivity index (χ1v) is 10.3. The van der Waals surface area contributed by atoms with Crippen LogP contribution in [0.1, 0.15) is 29.2 Å². The van der Waals surface area contributed by atoms with Crippen molar-refractivity contribution in [2.75, 3.05) is 18.5 Å². The molecule has 0 aliphatic carbocycles. The maximum absolute atomic E-state index is 11.5. The maximum Gasteiger partial charge on any atom is 0.325 e. The first-order valence-electron chi connectivity index (χ1n) is 10.3. The molecule has 4 heteroatoms. The summed E-state index contributed by atoms with van der Waals surface area (Å²) in [6, 6.07) is 20.7. The van der Waals surface area contributed by atoms with Gasteiger partial charge in [0.2, 0.25) is 0 Å². The number of hydrogen-bond acceptors (Lipinski definition) is 4. The zero-order valence-electron chi connectivity index (χ0n) is 18.1. The molecular weight excluding hydrogens is 374 g/mol. The minimum Gasteiger partial charge on any atom is -0.489 e. The number of carbonyl (C=O) groups is 1. The number of benzene rings is 3. The van der Waals surface area contributed by atoms with Gasteiger partial charge in [-0.25, -0.2) is 0 Å². The number of esters is 1. The minimum atomic E-state index is -0.263. The topological polar surface area (TPSA) is 47.6 Å². The number of aryl methyl sites for hydroxylation is 3. The van der Waals surface area contributed by atoms with Crippen molar-refractivity contribution in [3.05, 3.63) is 82.9 Å². The molecule has 0 aliphatic rings. The van der Waals surface area contributed by atoms with Crippen LogP contribution >= 0.6 is 0 Å². The predicted octanol–water partition coefficient (Wildman–Crippen LogP) is 5.83. The van der Waals surface area contributed by atoms with Crippen LogP contribution in [0.15, 0.2) is 60.7 Å². The molecule has 3 aromatic rings. The summed E-state index contributed by atoms with van der Waals surface area (Å²) in [4.78, 5) is 11.5. The predicted molar refractivity (Wildman–Crippen MR) is 122 cm³/mol. The maximum atomic E-state index is 11.5. The van der Waals surface area contributed by atoms with E-state index in [2.05, 4.69) is 61.6 Å². The highest BCUT2D eigenvalue weighted by Crippen LogP contribution is 2.28. The smallest absolute Gasteiger partial charge is 0.325 e. The fraction of sp³-hybridized carbons (Fsp3) is 0.269. The molecule has 0 saturated heterocycles. The quantitative estimate of drug-likeness (QED) is 0.481. The molecule has 0 radical (unpaired) electrons. The number of ether oxygens (including phenoxy) is 2. The van der Waals surface area contributed by atoms with Crippen LogP contribution in [0.5, 0.6) is 5.75 Å². The molecule has 0 atom stereocenters. The van der Waals surface area contributed by atoms with Crippen LogP contribution in [-0.4, -0.2) is 19.1 Å². The second-order valence-electron chi connectivity index (χ2n) is 7.39. The average Bonchev–Trinajstić information content (AvgIpc) is 2.72. The van der Waals surface area contributed by atoms with Crippen LogP contribution in [0.25, 0.3) is 11.1 Å². The van der Waals surface area contributed by atoms with Gasteiger partial charge in [0.1, 0.15) is 18.9 Å². The molecule has 0 aliphatic heterocycles. The second-order valence-corrected chi connectivity index (χ2v) is 7.39. The molecule has 0 spiro atoms. The Morgan fingerprint density at radius 1 is 0.900 bits per heavy atom. The van der Waals surface area contributed by atoms with E-state index in [1.165, 1.54) is 22.3 Å². The molecule has 4 nitrogen and oxygen atoms in total. The van der Waals surface area contributed by atoms with Gasteiger partial charge in [-0.2, -0.15) is 0 Å². The van der Waals surface area contributed by atoms with Gasteiger partial charge in [0, 0.05) is 5.69 Å². The minimum absolute atomic E-state index is 0.153. The zero-order valence-corrected chi connectivity index (χ0v) is 18.1. The van der Waals surface area contributed by atoms with Crippen molar-refractivity contribution in [2.24, 2.45) is 0 Å². The van der Waals surface area contributed by atoms with Crippen LogP contribution in [0.4, 0.5) is 5.69 Å². The van der Waals surface area contributed by atoms with Gasteiger partial charge in [0.15, 0.2) is 0 Å². The van der Waals surface area contributed by atoms with Crippen molar-refractivity contribution >= 4 is 11.7 Å². The van der Waals surface area contributed by atoms with Crippen LogP contribution in [0, 0.1) is 20.8 Å². The SMILES string of the molecule is CCOC(=O)CNc1ccc(OCc2cccc(-c3c(C)cccc3C)c2)cc1C. The summed E-state index contributed by atoms with van der Waals surface area (Å²) in [5.41, 5.74) is 8.07. The van der Waals surface area contributed by atoms with E-state index in [4.69, 9.17) is 9.47 Å². The first kappa shape index (κ1) is 21.4. The lowest BCUT2D eigenvalue weighted by Crippen LogP contribution is -2.17. The number of hydrogen-bond donors (Lipinski definition) is 1. The number of rotatable bonds is 8. The summed E-state index contributed by atoms with van der Waals surface area (Å²) in [6.07, 6.45) is 0. The highest BCUT2D eigenvalue weighted by atomic mass is 16.5. The van der Waals surface area contributed by atoms with Crippen molar-refractivity contribution in [3.63, 3.8) is 0 Å². The lowest BCUT2D eigenvalue weighted by atomic mass is 9.95. The monoisotopic (exact) mass is 403 g/mol. The Balaban J connectivity index is 1.66. The third kappa shape index (κ3) is 5.41. The van der Waals surface area contributed by atoms with Crippen LogP contribution < -0.4 is 10.1 Å². The summed E-state index contributed by atoms with van der Waals surface area (Å²) in [5.74, 6) is 0.535. The lowest BCUT2D eigenvalue weighted by molar-refractivity contribution is -0.140. The molecule has 0 fully saturated rings. The fourth-order valence-electron chi connectivity index (χ4n) is 3.56. The molecule has 0 saturated carbocycles. The van der Waals surface area contributed by atoms with Crippen molar-refractivity contribution in [1.29, 1.82) is 0 Å². The van der Waals surface area contributed by atoms with Gasteiger partial charge in [-0.05, 0) is 85.3 Å². The Hall–Kier alpha value is -3.27. The lowest BCUT2D eigenvalue weighted by Gasteiger charge is -2.13. The zero-order chi connectivity index (χ0) is 21.5. The fourth-order valence-corrected chi connectivity index (χ4v) is 3.56. The summed E-state index contributed by atoms with van der Waals surface area (Å²) < 4.78 is 11.0. The van der Waals surface area contributed by atoms with E-state index < -0.39 is 0 Å². The molecule has 30 heavy (non-hydrogen) atoms. The molecule has 3 rings (SSSR count). The molecule has 0 amide bonds. The molecular formula is C26H29NO3. The van der Waals surface area contributed by atoms with Crippen molar-refractivity contribution in [3.8, 4) is 16.9 Å². The van der Waals surface area contributed by atoms with Gasteiger partial charge in [-0.1, -0.05) is 36.4 Å². The summed E-state index contributed by atoms with van der Waals surface area (Å²) in [5, 5.41) is 3.10. The van der Waals surface area contributed by atoms with Gasteiger partial charge in [-0.15, -0.1) is 0 Å². The van der Waals surface area contributed by atoms with Gasteiger partial charge < -0.3 is 14.8 Å². The normalized spacial score (nSPS) is 10.5. The third-order valence-corrected chi connectivity index (χ3v) is 5.03. The Kier molecular flexibility index (Phi) is 7.12. The summed E-state index contributed by atoms with van der Waals surface area (Å²) in [7, 11) is 0. The molecule has 0 unspecified atom stereocenters. The van der Waals surface area contributed by atoms with Crippen LogP contribution in [0.2, 0.25) is 0 Å². The van der Waals surface area contributed by atoms with E-state index in [-0.39, 0.29) is 12.5 Å². The van der Waals surface area contributed by atoms with Crippen LogP contribution in [-0.2, 0) is 16.1 Å². The van der Waals surface area contributed by atoms with E-state index in [9.17, 15) is 4.79 Å². The molecule has 0 bridgehead atoms. The Morgan fingerprint density at radius 3 is 2.33 bits per heavy atom. The number of nitrogens with one attached hydrogen (secondary N) is 1. The van der Waals surface area contributed by atoms with Gasteiger partial charge in [0.25, 0.3) is 0 Å². The van der Waals surface area contributed by atoms with E-state index in [1.54, 1.807) is 6.92 Å². The Morgan fingerprint density at radius 2 is 1.63 bits per heavy atom. The van der Waals surface area contributed by atoms with E-state index in [1.807, 2.05) is 25.1 Å². The van der Waals surface area contributed by atoms with Crippen molar-refractivity contribution < 1.29 is 14.3 Å². The van der Waals surface area contributed by atoms with E-state index >= 15 is 0 Å². The van der Waals surface area contributed by atoms with Crippen molar-refractivity contribution in [1.82, 2.24) is 0 Å². The molecule has 0 aromatic heterocycles. The van der Waals surface area contributed by atoms with E-state index in [0.717, 1.165) is 22.6 Å². The average molecular weight is 404 g/mol. The van der Waals surface area contributed by atoms with Crippen LogP contribution in [0.3, 0.4) is 0 Å². The van der Waals surface area contributed by atoms with E-state index in [0.29, 0.717) is 13.2 Å². The van der Waals surface area contributed by atoms with Crippen molar-refractivity contribution in [2.45, 2.75) is 34.3 Å². The van der Waals surface area contributed by atoms with Gasteiger partial charge in [0.05, 0.1) is 6.61 Å². The van der Waals surface area contributed by atoms with Gasteiger partial charge in [-0.3, -0.25) is 4.79 Å². The Labute approximate surface area is 178 Å². The number of anilines is 1. The molecule has 1 N–H and O–H groups in total. The molecule has 3 aromatic carbocycles. The largest absolute Gasteiger partial charge is 0.489 e. The number of carbonyl (C=O) groups excluding carboxylic acids is 1. The standard InChI is InChI=1S/C26H29NO3/c1-5-29-25(28)16-27-24-13-12-23(14-20(24)4)30-17-21-10-7-11-22(15-21)26-18(2)8-6-9-19(26)3/h6-15,27H,5,16-17H2,1-4H3. The highest BCUT2D eigenvalue weighted by molar-refractivity contribution is 5.75. The second kappa shape index (κ2) is 9.97. The van der Waals surface area contributed by atoms with Gasteiger partial charge >= 0.3 is 5.97 Å². The molecule has 0 heterocycles. The summed E-state index contributed by atoms with van der Waals surface area (Å²) >= 11 is 0. The molecule has 156 valence electrons.